The molecule has 2 heteroatoms. The molecule has 1 N–H and O–H groups in total. The van der Waals surface area contributed by atoms with E-state index < -0.39 is 0 Å². The second-order valence-electron chi connectivity index (χ2n) is 7.09. The van der Waals surface area contributed by atoms with Crippen LogP contribution in [0.3, 0.4) is 0 Å². The van der Waals surface area contributed by atoms with E-state index in [1.165, 1.54) is 19.4 Å². The number of hydrogen-bond acceptors (Lipinski definition) is 2. The summed E-state index contributed by atoms with van der Waals surface area (Å²) in [6.07, 6.45) is 2.51. The number of hydrogen-bond donors (Lipinski definition) is 1. The van der Waals surface area contributed by atoms with Crippen molar-refractivity contribution in [2.45, 2.75) is 73.4 Å². The van der Waals surface area contributed by atoms with Gasteiger partial charge in [0.1, 0.15) is 0 Å². The van der Waals surface area contributed by atoms with Gasteiger partial charge in [-0.1, -0.05) is 41.5 Å². The summed E-state index contributed by atoms with van der Waals surface area (Å²) < 4.78 is 0. The molecule has 2 unspecified atom stereocenters. The summed E-state index contributed by atoms with van der Waals surface area (Å²) in [5.41, 5.74) is 0.379. The zero-order chi connectivity index (χ0) is 14.3. The molecule has 0 aromatic heterocycles. The maximum Gasteiger partial charge on any atom is 0.00665 e. The fraction of sp³-hybridized carbons (Fsp3) is 1.00. The monoisotopic (exact) mass is 256 g/mol. The minimum atomic E-state index is 0.379. The van der Waals surface area contributed by atoms with Crippen LogP contribution in [-0.2, 0) is 0 Å². The van der Waals surface area contributed by atoms with E-state index in [1.54, 1.807) is 0 Å². The summed E-state index contributed by atoms with van der Waals surface area (Å²) in [6, 6.07) is 1.25. The van der Waals surface area contributed by atoms with E-state index in [2.05, 4.69) is 65.7 Å². The van der Waals surface area contributed by atoms with Gasteiger partial charge in [0, 0.05) is 25.2 Å². The van der Waals surface area contributed by atoms with Gasteiger partial charge in [-0.05, 0) is 38.1 Å². The molecule has 0 amide bonds. The van der Waals surface area contributed by atoms with Gasteiger partial charge in [-0.25, -0.2) is 0 Å². The van der Waals surface area contributed by atoms with Crippen molar-refractivity contribution in [2.24, 2.45) is 11.3 Å². The zero-order valence-corrected chi connectivity index (χ0v) is 14.0. The van der Waals surface area contributed by atoms with Crippen molar-refractivity contribution < 1.29 is 0 Å². The van der Waals surface area contributed by atoms with Crippen LogP contribution in [0.5, 0.6) is 0 Å². The third-order valence-corrected chi connectivity index (χ3v) is 3.99. The lowest BCUT2D eigenvalue weighted by molar-refractivity contribution is 0.134. The molecule has 0 saturated heterocycles. The lowest BCUT2D eigenvalue weighted by atomic mass is 9.86. The topological polar surface area (TPSA) is 15.3 Å². The molecule has 0 aromatic rings. The smallest absolute Gasteiger partial charge is 0.00665 e. The molecule has 2 atom stereocenters. The Balaban J connectivity index is 4.32. The van der Waals surface area contributed by atoms with Crippen LogP contribution in [0.2, 0.25) is 0 Å². The van der Waals surface area contributed by atoms with Crippen LogP contribution in [0.1, 0.15) is 61.3 Å². The normalized spacial score (nSPS) is 17.5. The second kappa shape index (κ2) is 8.16. The van der Waals surface area contributed by atoms with Crippen LogP contribution in [-0.4, -0.2) is 37.1 Å². The average molecular weight is 256 g/mol. The minimum Gasteiger partial charge on any atom is -0.314 e. The van der Waals surface area contributed by atoms with Crippen molar-refractivity contribution in [3.8, 4) is 0 Å². The van der Waals surface area contributed by atoms with E-state index in [1.807, 2.05) is 0 Å². The van der Waals surface area contributed by atoms with Crippen molar-refractivity contribution in [1.29, 1.82) is 0 Å². The first-order valence-corrected chi connectivity index (χ1v) is 7.63. The number of nitrogens with one attached hydrogen (secondary N) is 1. The molecule has 18 heavy (non-hydrogen) atoms. The molecule has 0 radical (unpaired) electrons. The Bertz CT molecular complexity index is 213. The van der Waals surface area contributed by atoms with Gasteiger partial charge in [-0.3, -0.25) is 0 Å². The molecular weight excluding hydrogens is 220 g/mol. The van der Waals surface area contributed by atoms with Crippen molar-refractivity contribution in [3.05, 3.63) is 0 Å². The van der Waals surface area contributed by atoms with Crippen LogP contribution in [0.25, 0.3) is 0 Å². The van der Waals surface area contributed by atoms with Gasteiger partial charge in [0.15, 0.2) is 0 Å². The molecule has 0 rings (SSSR count). The first kappa shape index (κ1) is 17.9. The predicted molar refractivity (Wildman–Crippen MR) is 83.1 cm³/mol. The van der Waals surface area contributed by atoms with Gasteiger partial charge in [0.2, 0.25) is 0 Å². The van der Waals surface area contributed by atoms with Gasteiger partial charge < -0.3 is 10.2 Å². The SMILES string of the molecule is CCC(C)(CNC(C)C)CN(C)C(C)CC(C)C. The molecule has 0 aromatic carbocycles. The molecule has 0 aliphatic heterocycles. The first-order chi connectivity index (χ1) is 8.20. The highest BCUT2D eigenvalue weighted by atomic mass is 15.1. The molecule has 0 heterocycles. The summed E-state index contributed by atoms with van der Waals surface area (Å²) in [4.78, 5) is 2.53. The lowest BCUT2D eigenvalue weighted by Gasteiger charge is -2.37. The summed E-state index contributed by atoms with van der Waals surface area (Å²) in [5.74, 6) is 0.782. The van der Waals surface area contributed by atoms with E-state index in [0.29, 0.717) is 17.5 Å². The summed E-state index contributed by atoms with van der Waals surface area (Å²) >= 11 is 0. The lowest BCUT2D eigenvalue weighted by Crippen LogP contribution is -2.45. The summed E-state index contributed by atoms with van der Waals surface area (Å²) in [7, 11) is 2.27. The molecule has 0 bridgehead atoms. The van der Waals surface area contributed by atoms with Crippen molar-refractivity contribution >= 4 is 0 Å². The maximum atomic E-state index is 3.60. The molecule has 0 spiro atoms. The van der Waals surface area contributed by atoms with Gasteiger partial charge >= 0.3 is 0 Å². The van der Waals surface area contributed by atoms with Gasteiger partial charge in [0.05, 0.1) is 0 Å². The first-order valence-electron chi connectivity index (χ1n) is 7.63. The summed E-state index contributed by atoms with van der Waals surface area (Å²) in [6.45, 7) is 18.4. The molecule has 0 saturated carbocycles. The highest BCUT2D eigenvalue weighted by Crippen LogP contribution is 2.23. The predicted octanol–water partition coefficient (Wildman–Crippen LogP) is 3.77. The molecule has 0 aliphatic carbocycles. The fourth-order valence-corrected chi connectivity index (χ4v) is 2.36. The molecule has 0 fully saturated rings. The average Bonchev–Trinajstić information content (AvgIpc) is 2.25. The highest BCUT2D eigenvalue weighted by molar-refractivity contribution is 4.81. The Morgan fingerprint density at radius 3 is 2.06 bits per heavy atom. The van der Waals surface area contributed by atoms with Crippen LogP contribution >= 0.6 is 0 Å². The standard InChI is InChI=1S/C16H36N2/c1-9-16(7,11-17-14(4)5)12-18(8)15(6)10-13(2)3/h13-15,17H,9-12H2,1-8H3. The van der Waals surface area contributed by atoms with Gasteiger partial charge in [-0.15, -0.1) is 0 Å². The van der Waals surface area contributed by atoms with Crippen molar-refractivity contribution in [3.63, 3.8) is 0 Å². The van der Waals surface area contributed by atoms with Crippen LogP contribution in [0.15, 0.2) is 0 Å². The van der Waals surface area contributed by atoms with Crippen LogP contribution in [0.4, 0.5) is 0 Å². The second-order valence-corrected chi connectivity index (χ2v) is 7.09. The fourth-order valence-electron chi connectivity index (χ4n) is 2.36. The number of rotatable bonds is 9. The molecular formula is C16H36N2. The van der Waals surface area contributed by atoms with Gasteiger partial charge in [0.25, 0.3) is 0 Å². The zero-order valence-electron chi connectivity index (χ0n) is 14.0. The Hall–Kier alpha value is -0.0800. The Labute approximate surface area is 116 Å². The maximum absolute atomic E-state index is 3.60. The Kier molecular flexibility index (Phi) is 8.13. The van der Waals surface area contributed by atoms with E-state index in [-0.39, 0.29) is 0 Å². The van der Waals surface area contributed by atoms with Crippen molar-refractivity contribution in [2.75, 3.05) is 20.1 Å². The quantitative estimate of drug-likeness (QED) is 0.675. The van der Waals surface area contributed by atoms with E-state index >= 15 is 0 Å². The summed E-state index contributed by atoms with van der Waals surface area (Å²) in [5, 5.41) is 3.60. The Morgan fingerprint density at radius 1 is 1.11 bits per heavy atom. The largest absolute Gasteiger partial charge is 0.314 e. The molecule has 110 valence electrons. The van der Waals surface area contributed by atoms with Crippen LogP contribution < -0.4 is 5.32 Å². The van der Waals surface area contributed by atoms with E-state index in [4.69, 9.17) is 0 Å². The third kappa shape index (κ3) is 7.38. The molecule has 0 aliphatic rings. The third-order valence-electron chi connectivity index (χ3n) is 3.99. The van der Waals surface area contributed by atoms with E-state index in [0.717, 1.165) is 12.5 Å². The number of nitrogens with zero attached hydrogens (tertiary/aromatic N) is 1. The van der Waals surface area contributed by atoms with Crippen molar-refractivity contribution in [1.82, 2.24) is 10.2 Å². The minimum absolute atomic E-state index is 0.379. The molecule has 2 nitrogen and oxygen atoms in total. The van der Waals surface area contributed by atoms with Gasteiger partial charge in [-0.2, -0.15) is 0 Å². The highest BCUT2D eigenvalue weighted by Gasteiger charge is 2.26. The van der Waals surface area contributed by atoms with E-state index in [9.17, 15) is 0 Å². The Morgan fingerprint density at radius 2 is 1.67 bits per heavy atom. The van der Waals surface area contributed by atoms with Crippen LogP contribution in [0, 0.1) is 11.3 Å².